The minimum Gasteiger partial charge on any atom is -0.478 e. The number of hydrogen-bond acceptors (Lipinski definition) is 3. The molecular weight excluding hydrogens is 330 g/mol. The normalized spacial score (nSPS) is 10.9. The Morgan fingerprint density at radius 1 is 1.17 bits per heavy atom. The summed E-state index contributed by atoms with van der Waals surface area (Å²) in [5.74, 6) is -0.207. The molecule has 0 saturated carbocycles. The zero-order valence-electron chi connectivity index (χ0n) is 12.4. The number of para-hydroxylation sites is 1. The largest absolute Gasteiger partial charge is 0.478 e. The predicted octanol–water partition coefficient (Wildman–Crippen LogP) is 5.37. The Morgan fingerprint density at radius 2 is 1.91 bits per heavy atom. The van der Waals surface area contributed by atoms with E-state index in [2.05, 4.69) is 0 Å². The Balaban J connectivity index is 2.45. The summed E-state index contributed by atoms with van der Waals surface area (Å²) in [4.78, 5) is 17.3. The van der Waals surface area contributed by atoms with E-state index in [1.54, 1.807) is 18.2 Å². The van der Waals surface area contributed by atoms with Crippen LogP contribution in [0.4, 0.5) is 0 Å². The minimum absolute atomic E-state index is 0.267. The van der Waals surface area contributed by atoms with Crippen LogP contribution in [0.15, 0.2) is 53.4 Å². The van der Waals surface area contributed by atoms with Gasteiger partial charge in [0, 0.05) is 15.8 Å². The van der Waals surface area contributed by atoms with Crippen LogP contribution in [0, 0.1) is 0 Å². The van der Waals surface area contributed by atoms with E-state index in [0.29, 0.717) is 26.5 Å². The van der Waals surface area contributed by atoms with E-state index in [-0.39, 0.29) is 5.56 Å². The Labute approximate surface area is 143 Å². The number of nitrogens with zero attached hydrogens (tertiary/aromatic N) is 1. The highest BCUT2D eigenvalue weighted by atomic mass is 35.5. The van der Waals surface area contributed by atoms with Crippen molar-refractivity contribution in [2.45, 2.75) is 11.8 Å². The Morgan fingerprint density at radius 3 is 2.57 bits per heavy atom. The van der Waals surface area contributed by atoms with Crippen molar-refractivity contribution in [2.24, 2.45) is 0 Å². The number of rotatable bonds is 4. The molecule has 3 aromatic rings. The number of fused-ring (bicyclic) bond motifs is 1. The predicted molar refractivity (Wildman–Crippen MR) is 95.5 cm³/mol. The highest BCUT2D eigenvalue weighted by molar-refractivity contribution is 7.99. The first-order valence-electron chi connectivity index (χ1n) is 7.17. The first kappa shape index (κ1) is 15.8. The summed E-state index contributed by atoms with van der Waals surface area (Å²) >= 11 is 7.75. The zero-order chi connectivity index (χ0) is 16.4. The highest BCUT2D eigenvalue weighted by Crippen LogP contribution is 2.38. The molecule has 0 unspecified atom stereocenters. The molecule has 0 aliphatic heterocycles. The van der Waals surface area contributed by atoms with Crippen molar-refractivity contribution in [3.63, 3.8) is 0 Å². The fourth-order valence-electron chi connectivity index (χ4n) is 2.52. The van der Waals surface area contributed by atoms with Gasteiger partial charge in [0.25, 0.3) is 0 Å². The second-order valence-corrected chi connectivity index (χ2v) is 6.59. The third-order valence-electron chi connectivity index (χ3n) is 3.47. The molecule has 23 heavy (non-hydrogen) atoms. The van der Waals surface area contributed by atoms with E-state index in [1.165, 1.54) is 11.8 Å². The Hall–Kier alpha value is -2.04. The lowest BCUT2D eigenvalue weighted by Crippen LogP contribution is -2.04. The molecule has 0 aliphatic rings. The zero-order valence-corrected chi connectivity index (χ0v) is 14.0. The van der Waals surface area contributed by atoms with E-state index >= 15 is 0 Å². The van der Waals surface area contributed by atoms with Crippen LogP contribution in [0.5, 0.6) is 0 Å². The van der Waals surface area contributed by atoms with Gasteiger partial charge in [0.15, 0.2) is 0 Å². The first-order valence-corrected chi connectivity index (χ1v) is 8.53. The molecule has 1 aromatic heterocycles. The summed E-state index contributed by atoms with van der Waals surface area (Å²) in [5, 5.41) is 10.8. The van der Waals surface area contributed by atoms with Crippen molar-refractivity contribution < 1.29 is 9.90 Å². The number of carboxylic acids is 1. The van der Waals surface area contributed by atoms with Crippen LogP contribution in [0.1, 0.15) is 17.3 Å². The molecule has 1 heterocycles. The van der Waals surface area contributed by atoms with Crippen LogP contribution in [-0.2, 0) is 0 Å². The van der Waals surface area contributed by atoms with Gasteiger partial charge in [-0.2, -0.15) is 0 Å². The second kappa shape index (κ2) is 6.60. The number of aromatic nitrogens is 1. The smallest absolute Gasteiger partial charge is 0.337 e. The van der Waals surface area contributed by atoms with Crippen molar-refractivity contribution in [1.29, 1.82) is 0 Å². The maximum atomic E-state index is 11.9. The molecule has 1 N–H and O–H groups in total. The Bertz CT molecular complexity index is 881. The number of pyridine rings is 1. The van der Waals surface area contributed by atoms with Crippen LogP contribution >= 0.6 is 23.4 Å². The van der Waals surface area contributed by atoms with Gasteiger partial charge in [0.05, 0.1) is 21.8 Å². The van der Waals surface area contributed by atoms with Gasteiger partial charge in [-0.15, -0.1) is 11.8 Å². The Kier molecular flexibility index (Phi) is 4.55. The SMILES string of the molecule is CCSc1c(-c2ccccc2)nc2c(Cl)cccc2c1C(=O)O. The van der Waals surface area contributed by atoms with Gasteiger partial charge in [-0.3, -0.25) is 0 Å². The lowest BCUT2D eigenvalue weighted by molar-refractivity contribution is 0.0695. The van der Waals surface area contributed by atoms with Gasteiger partial charge in [0.2, 0.25) is 0 Å². The molecule has 3 nitrogen and oxygen atoms in total. The second-order valence-electron chi connectivity index (χ2n) is 4.90. The van der Waals surface area contributed by atoms with Crippen molar-refractivity contribution in [3.8, 4) is 11.3 Å². The molecule has 0 radical (unpaired) electrons. The number of carboxylic acid groups (broad SMARTS) is 1. The van der Waals surface area contributed by atoms with Gasteiger partial charge >= 0.3 is 5.97 Å². The van der Waals surface area contributed by atoms with E-state index in [0.717, 1.165) is 11.3 Å². The molecular formula is C18H14ClNO2S. The summed E-state index contributed by atoms with van der Waals surface area (Å²) in [5.41, 5.74) is 2.33. The van der Waals surface area contributed by atoms with Crippen LogP contribution in [0.3, 0.4) is 0 Å². The number of halogens is 1. The molecule has 0 amide bonds. The number of thioether (sulfide) groups is 1. The molecule has 0 fully saturated rings. The fraction of sp³-hybridized carbons (Fsp3) is 0.111. The van der Waals surface area contributed by atoms with Crippen molar-refractivity contribution in [1.82, 2.24) is 4.98 Å². The van der Waals surface area contributed by atoms with Gasteiger partial charge in [-0.1, -0.05) is 61.0 Å². The summed E-state index contributed by atoms with van der Waals surface area (Å²) in [7, 11) is 0. The van der Waals surface area contributed by atoms with Crippen LogP contribution in [-0.4, -0.2) is 21.8 Å². The van der Waals surface area contributed by atoms with Gasteiger partial charge in [0.1, 0.15) is 0 Å². The fourth-order valence-corrected chi connectivity index (χ4v) is 3.67. The molecule has 0 saturated heterocycles. The molecule has 0 bridgehead atoms. The molecule has 0 atom stereocenters. The third kappa shape index (κ3) is 2.92. The number of aromatic carboxylic acids is 1. The summed E-state index contributed by atoms with van der Waals surface area (Å²) in [6.45, 7) is 1.99. The highest BCUT2D eigenvalue weighted by Gasteiger charge is 2.22. The molecule has 116 valence electrons. The molecule has 0 spiro atoms. The number of carbonyl (C=O) groups is 1. The molecule has 5 heteroatoms. The lowest BCUT2D eigenvalue weighted by atomic mass is 10.0. The summed E-state index contributed by atoms with van der Waals surface area (Å²) in [6.07, 6.45) is 0. The maximum absolute atomic E-state index is 11.9. The third-order valence-corrected chi connectivity index (χ3v) is 4.75. The summed E-state index contributed by atoms with van der Waals surface area (Å²) in [6, 6.07) is 14.8. The van der Waals surface area contributed by atoms with Gasteiger partial charge < -0.3 is 5.11 Å². The van der Waals surface area contributed by atoms with E-state index in [9.17, 15) is 9.90 Å². The van der Waals surface area contributed by atoms with Crippen molar-refractivity contribution in [3.05, 3.63) is 59.1 Å². The van der Waals surface area contributed by atoms with E-state index in [1.807, 2.05) is 37.3 Å². The molecule has 2 aromatic carbocycles. The molecule has 0 aliphatic carbocycles. The van der Waals surface area contributed by atoms with E-state index < -0.39 is 5.97 Å². The average molecular weight is 344 g/mol. The average Bonchev–Trinajstić information content (AvgIpc) is 2.55. The van der Waals surface area contributed by atoms with Crippen molar-refractivity contribution >= 4 is 40.2 Å². The van der Waals surface area contributed by atoms with Gasteiger partial charge in [-0.25, -0.2) is 9.78 Å². The molecule has 3 rings (SSSR count). The monoisotopic (exact) mass is 343 g/mol. The maximum Gasteiger partial charge on any atom is 0.337 e. The topological polar surface area (TPSA) is 50.2 Å². The van der Waals surface area contributed by atoms with E-state index in [4.69, 9.17) is 16.6 Å². The number of hydrogen-bond donors (Lipinski definition) is 1. The minimum atomic E-state index is -0.965. The van der Waals surface area contributed by atoms with Crippen LogP contribution < -0.4 is 0 Å². The quantitative estimate of drug-likeness (QED) is 0.647. The van der Waals surface area contributed by atoms with Crippen LogP contribution in [0.2, 0.25) is 5.02 Å². The number of benzene rings is 2. The van der Waals surface area contributed by atoms with Gasteiger partial charge in [-0.05, 0) is 11.8 Å². The van der Waals surface area contributed by atoms with Crippen LogP contribution in [0.25, 0.3) is 22.2 Å². The van der Waals surface area contributed by atoms with Crippen molar-refractivity contribution in [2.75, 3.05) is 5.75 Å². The summed E-state index contributed by atoms with van der Waals surface area (Å²) < 4.78 is 0. The standard InChI is InChI=1S/C18H14ClNO2S/c1-2-23-17-14(18(21)22)12-9-6-10-13(19)16(12)20-15(17)11-7-4-3-5-8-11/h3-10H,2H2,1H3,(H,21,22). The first-order chi connectivity index (χ1) is 11.1. The lowest BCUT2D eigenvalue weighted by Gasteiger charge is -2.14.